The molecule has 0 aliphatic heterocycles. The Balaban J connectivity index is 1.89. The highest BCUT2D eigenvalue weighted by Gasteiger charge is 2.31. The lowest BCUT2D eigenvalue weighted by molar-refractivity contribution is -0.00861. The Morgan fingerprint density at radius 3 is 3.00 bits per heavy atom. The molecule has 0 radical (unpaired) electrons. The molecule has 1 fully saturated rings. The molecular formula is C13H19N3O2. The van der Waals surface area contributed by atoms with Gasteiger partial charge in [-0.15, -0.1) is 0 Å². The van der Waals surface area contributed by atoms with E-state index in [0.717, 1.165) is 19.4 Å². The Morgan fingerprint density at radius 1 is 1.56 bits per heavy atom. The van der Waals surface area contributed by atoms with Crippen molar-refractivity contribution in [1.82, 2.24) is 10.3 Å². The first kappa shape index (κ1) is 12.8. The van der Waals surface area contributed by atoms with Crippen LogP contribution in [0.1, 0.15) is 30.1 Å². The number of anilines is 1. The van der Waals surface area contributed by atoms with Gasteiger partial charge in [-0.25, -0.2) is 4.98 Å². The minimum Gasteiger partial charge on any atom is -0.378 e. The summed E-state index contributed by atoms with van der Waals surface area (Å²) in [6.45, 7) is 2.72. The van der Waals surface area contributed by atoms with Crippen LogP contribution in [0.2, 0.25) is 0 Å². The molecule has 2 N–H and O–H groups in total. The van der Waals surface area contributed by atoms with Crippen molar-refractivity contribution in [2.75, 3.05) is 19.0 Å². The van der Waals surface area contributed by atoms with Gasteiger partial charge in [0.05, 0.1) is 11.7 Å². The number of hydrogen-bond donors (Lipinski definition) is 2. The van der Waals surface area contributed by atoms with Crippen LogP contribution in [-0.2, 0) is 4.74 Å². The maximum Gasteiger partial charge on any atom is 0.255 e. The predicted molar refractivity (Wildman–Crippen MR) is 69.7 cm³/mol. The molecule has 1 amide bonds. The Morgan fingerprint density at radius 2 is 2.33 bits per heavy atom. The van der Waals surface area contributed by atoms with E-state index in [2.05, 4.69) is 15.6 Å². The SMILES string of the molecule is CCOC1CC(NC(=O)c2cccnc2NC)C1. The molecular weight excluding hydrogens is 230 g/mol. The van der Waals surface area contributed by atoms with E-state index in [9.17, 15) is 4.79 Å². The van der Waals surface area contributed by atoms with Gasteiger partial charge in [0, 0.05) is 25.9 Å². The van der Waals surface area contributed by atoms with Crippen molar-refractivity contribution in [2.45, 2.75) is 31.9 Å². The molecule has 0 saturated heterocycles. The molecule has 1 saturated carbocycles. The lowest BCUT2D eigenvalue weighted by Gasteiger charge is -2.35. The summed E-state index contributed by atoms with van der Waals surface area (Å²) < 4.78 is 5.46. The number of carbonyl (C=O) groups is 1. The fourth-order valence-electron chi connectivity index (χ4n) is 2.11. The third-order valence-electron chi connectivity index (χ3n) is 3.12. The minimum absolute atomic E-state index is 0.0765. The topological polar surface area (TPSA) is 63.2 Å². The van der Waals surface area contributed by atoms with Crippen LogP contribution < -0.4 is 10.6 Å². The second-order valence-electron chi connectivity index (χ2n) is 4.37. The van der Waals surface area contributed by atoms with Crippen LogP contribution in [0.3, 0.4) is 0 Å². The number of ether oxygens (including phenoxy) is 1. The van der Waals surface area contributed by atoms with Crippen molar-refractivity contribution in [1.29, 1.82) is 0 Å². The number of hydrogen-bond acceptors (Lipinski definition) is 4. The summed E-state index contributed by atoms with van der Waals surface area (Å²) in [5, 5.41) is 5.92. The predicted octanol–water partition coefficient (Wildman–Crippen LogP) is 1.42. The summed E-state index contributed by atoms with van der Waals surface area (Å²) in [7, 11) is 1.76. The fourth-order valence-corrected chi connectivity index (χ4v) is 2.11. The second kappa shape index (κ2) is 5.82. The molecule has 0 unspecified atom stereocenters. The molecule has 0 spiro atoms. The van der Waals surface area contributed by atoms with Crippen LogP contribution >= 0.6 is 0 Å². The van der Waals surface area contributed by atoms with Crippen molar-refractivity contribution in [3.63, 3.8) is 0 Å². The van der Waals surface area contributed by atoms with Gasteiger partial charge in [-0.3, -0.25) is 4.79 Å². The van der Waals surface area contributed by atoms with E-state index in [1.807, 2.05) is 6.92 Å². The van der Waals surface area contributed by atoms with E-state index >= 15 is 0 Å². The number of nitrogens with zero attached hydrogens (tertiary/aromatic N) is 1. The van der Waals surface area contributed by atoms with Gasteiger partial charge in [0.1, 0.15) is 5.82 Å². The van der Waals surface area contributed by atoms with Gasteiger partial charge in [0.25, 0.3) is 5.91 Å². The van der Waals surface area contributed by atoms with E-state index in [1.165, 1.54) is 0 Å². The van der Waals surface area contributed by atoms with Crippen molar-refractivity contribution >= 4 is 11.7 Å². The molecule has 98 valence electrons. The van der Waals surface area contributed by atoms with Crippen LogP contribution in [0.25, 0.3) is 0 Å². The van der Waals surface area contributed by atoms with Crippen molar-refractivity contribution in [3.8, 4) is 0 Å². The van der Waals surface area contributed by atoms with Gasteiger partial charge in [-0.05, 0) is 31.9 Å². The maximum atomic E-state index is 12.1. The van der Waals surface area contributed by atoms with Gasteiger partial charge in [-0.1, -0.05) is 0 Å². The van der Waals surface area contributed by atoms with Crippen molar-refractivity contribution in [3.05, 3.63) is 23.9 Å². The lowest BCUT2D eigenvalue weighted by atomic mass is 9.89. The average molecular weight is 249 g/mol. The van der Waals surface area contributed by atoms with Crippen LogP contribution in [0.5, 0.6) is 0 Å². The third kappa shape index (κ3) is 2.79. The number of pyridine rings is 1. The summed E-state index contributed by atoms with van der Waals surface area (Å²) in [6.07, 6.45) is 3.76. The number of nitrogens with one attached hydrogen (secondary N) is 2. The smallest absolute Gasteiger partial charge is 0.255 e. The summed E-state index contributed by atoms with van der Waals surface area (Å²) in [5.74, 6) is 0.531. The third-order valence-corrected chi connectivity index (χ3v) is 3.12. The quantitative estimate of drug-likeness (QED) is 0.828. The minimum atomic E-state index is -0.0765. The first-order valence-corrected chi connectivity index (χ1v) is 6.29. The summed E-state index contributed by atoms with van der Waals surface area (Å²) in [6, 6.07) is 3.76. The van der Waals surface area contributed by atoms with E-state index in [-0.39, 0.29) is 11.9 Å². The Kier molecular flexibility index (Phi) is 4.15. The standard InChI is InChI=1S/C13H19N3O2/c1-3-18-10-7-9(8-10)16-13(17)11-5-4-6-15-12(11)14-2/h4-6,9-10H,3,7-8H2,1-2H3,(H,14,15)(H,16,17). The Labute approximate surface area is 107 Å². The zero-order valence-corrected chi connectivity index (χ0v) is 10.8. The highest BCUT2D eigenvalue weighted by atomic mass is 16.5. The first-order valence-electron chi connectivity index (χ1n) is 6.29. The molecule has 18 heavy (non-hydrogen) atoms. The molecule has 5 nitrogen and oxygen atoms in total. The summed E-state index contributed by atoms with van der Waals surface area (Å²) in [4.78, 5) is 16.2. The molecule has 1 aromatic rings. The number of aromatic nitrogens is 1. The van der Waals surface area contributed by atoms with Gasteiger partial charge >= 0.3 is 0 Å². The Hall–Kier alpha value is -1.62. The van der Waals surface area contributed by atoms with Gasteiger partial charge < -0.3 is 15.4 Å². The van der Waals surface area contributed by atoms with Gasteiger partial charge in [0.2, 0.25) is 0 Å². The van der Waals surface area contributed by atoms with Crippen LogP contribution in [0, 0.1) is 0 Å². The largest absolute Gasteiger partial charge is 0.378 e. The molecule has 5 heteroatoms. The molecule has 1 heterocycles. The number of carbonyl (C=O) groups excluding carboxylic acids is 1. The average Bonchev–Trinajstić information content (AvgIpc) is 2.36. The monoisotopic (exact) mass is 249 g/mol. The Bertz CT molecular complexity index is 416. The molecule has 1 aliphatic carbocycles. The molecule has 0 atom stereocenters. The normalized spacial score (nSPS) is 22.1. The van der Waals surface area contributed by atoms with E-state index in [4.69, 9.17) is 4.74 Å². The van der Waals surface area contributed by atoms with Gasteiger partial charge in [-0.2, -0.15) is 0 Å². The first-order chi connectivity index (χ1) is 8.74. The number of rotatable bonds is 5. The molecule has 2 rings (SSSR count). The van der Waals surface area contributed by atoms with Crippen molar-refractivity contribution < 1.29 is 9.53 Å². The lowest BCUT2D eigenvalue weighted by Crippen LogP contribution is -2.47. The number of amides is 1. The van der Waals surface area contributed by atoms with Crippen LogP contribution in [0.4, 0.5) is 5.82 Å². The second-order valence-corrected chi connectivity index (χ2v) is 4.37. The zero-order chi connectivity index (χ0) is 13.0. The molecule has 0 bridgehead atoms. The van der Waals surface area contributed by atoms with E-state index in [1.54, 1.807) is 25.4 Å². The molecule has 1 aromatic heterocycles. The summed E-state index contributed by atoms with van der Waals surface area (Å²) in [5.41, 5.74) is 0.583. The highest BCUT2D eigenvalue weighted by molar-refractivity contribution is 5.98. The maximum absolute atomic E-state index is 12.1. The molecule has 1 aliphatic rings. The summed E-state index contributed by atoms with van der Waals surface area (Å²) >= 11 is 0. The van der Waals surface area contributed by atoms with Crippen molar-refractivity contribution in [2.24, 2.45) is 0 Å². The van der Waals surface area contributed by atoms with Gasteiger partial charge in [0.15, 0.2) is 0 Å². The molecule has 0 aromatic carbocycles. The van der Waals surface area contributed by atoms with E-state index < -0.39 is 0 Å². The highest BCUT2D eigenvalue weighted by Crippen LogP contribution is 2.24. The van der Waals surface area contributed by atoms with Crippen LogP contribution in [-0.4, -0.2) is 36.7 Å². The zero-order valence-electron chi connectivity index (χ0n) is 10.8. The van der Waals surface area contributed by atoms with Crippen LogP contribution in [0.15, 0.2) is 18.3 Å². The fraction of sp³-hybridized carbons (Fsp3) is 0.538. The van der Waals surface area contributed by atoms with E-state index in [0.29, 0.717) is 17.5 Å².